The van der Waals surface area contributed by atoms with E-state index in [1.54, 1.807) is 0 Å². The van der Waals surface area contributed by atoms with Gasteiger partial charge >= 0.3 is 0 Å². The molecule has 4 heterocycles. The van der Waals surface area contributed by atoms with Gasteiger partial charge < -0.3 is 27.5 Å². The number of hydrogen-bond acceptors (Lipinski definition) is 6. The van der Waals surface area contributed by atoms with Crippen LogP contribution < -0.4 is 9.80 Å². The highest BCUT2D eigenvalue weighted by Gasteiger charge is 2.22. The number of furan rings is 4. The second kappa shape index (κ2) is 16.6. The number of para-hydroxylation sites is 2. The Morgan fingerprint density at radius 1 is 0.184 bits per heavy atom. The Labute approximate surface area is 435 Å². The quantitative estimate of drug-likeness (QED) is 0.151. The van der Waals surface area contributed by atoms with Crippen LogP contribution in [0.15, 0.2) is 272 Å². The van der Waals surface area contributed by atoms with Crippen molar-refractivity contribution in [2.24, 2.45) is 0 Å². The molecule has 0 saturated carbocycles. The first-order valence-electron chi connectivity index (χ1n) is 25.6. The minimum absolute atomic E-state index is 0.801. The van der Waals surface area contributed by atoms with Crippen molar-refractivity contribution in [2.45, 2.75) is 0 Å². The molecule has 0 aliphatic rings. The molecular formula is C70H42N2O4. The van der Waals surface area contributed by atoms with E-state index in [-0.39, 0.29) is 0 Å². The lowest BCUT2D eigenvalue weighted by molar-refractivity contribution is 0.668. The van der Waals surface area contributed by atoms with Gasteiger partial charge in [0, 0.05) is 101 Å². The Bertz CT molecular complexity index is 4620. The maximum atomic E-state index is 6.81. The van der Waals surface area contributed by atoms with Gasteiger partial charge in [0.1, 0.15) is 44.7 Å². The second-order valence-electron chi connectivity index (χ2n) is 19.6. The molecule has 0 radical (unpaired) electrons. The Balaban J connectivity index is 0.810. The molecule has 0 aliphatic heterocycles. The lowest BCUT2D eigenvalue weighted by Crippen LogP contribution is -2.09. The highest BCUT2D eigenvalue weighted by atomic mass is 16.3. The zero-order chi connectivity index (χ0) is 49.8. The highest BCUT2D eigenvalue weighted by molar-refractivity contribution is 6.27. The smallest absolute Gasteiger partial charge is 0.137 e. The lowest BCUT2D eigenvalue weighted by atomic mass is 9.99. The van der Waals surface area contributed by atoms with Gasteiger partial charge in [-0.05, 0) is 142 Å². The topological polar surface area (TPSA) is 59.0 Å². The van der Waals surface area contributed by atoms with Gasteiger partial charge in [-0.1, -0.05) is 121 Å². The first kappa shape index (κ1) is 42.2. The minimum atomic E-state index is 0.801. The van der Waals surface area contributed by atoms with Crippen molar-refractivity contribution in [3.05, 3.63) is 255 Å². The first-order valence-corrected chi connectivity index (χ1v) is 25.6. The van der Waals surface area contributed by atoms with E-state index in [0.29, 0.717) is 0 Å². The second-order valence-corrected chi connectivity index (χ2v) is 19.6. The molecule has 16 rings (SSSR count). The van der Waals surface area contributed by atoms with E-state index in [4.69, 9.17) is 17.7 Å². The molecule has 0 aliphatic carbocycles. The molecule has 0 atom stereocenters. The maximum Gasteiger partial charge on any atom is 0.137 e. The molecule has 12 aromatic carbocycles. The Kier molecular flexibility index (Phi) is 9.23. The summed E-state index contributed by atoms with van der Waals surface area (Å²) in [6.45, 7) is 0. The number of hydrogen-bond donors (Lipinski definition) is 0. The van der Waals surface area contributed by atoms with E-state index in [9.17, 15) is 0 Å². The molecule has 0 amide bonds. The van der Waals surface area contributed by atoms with Crippen LogP contribution in [-0.2, 0) is 0 Å². The van der Waals surface area contributed by atoms with Crippen molar-refractivity contribution in [2.75, 3.05) is 9.80 Å². The van der Waals surface area contributed by atoms with Crippen molar-refractivity contribution in [3.63, 3.8) is 0 Å². The molecule has 6 nitrogen and oxygen atoms in total. The van der Waals surface area contributed by atoms with Crippen molar-refractivity contribution in [1.82, 2.24) is 0 Å². The third-order valence-electron chi connectivity index (χ3n) is 15.3. The molecule has 0 spiro atoms. The first-order chi connectivity index (χ1) is 37.6. The lowest BCUT2D eigenvalue weighted by Gasteiger charge is -2.25. The Morgan fingerprint density at radius 2 is 0.474 bits per heavy atom. The summed E-state index contributed by atoms with van der Waals surface area (Å²) < 4.78 is 26.5. The third-order valence-corrected chi connectivity index (χ3v) is 15.3. The summed E-state index contributed by atoms with van der Waals surface area (Å²) in [6.07, 6.45) is 0. The summed E-state index contributed by atoms with van der Waals surface area (Å²) in [6, 6.07) is 89.6. The van der Waals surface area contributed by atoms with Crippen molar-refractivity contribution < 1.29 is 17.7 Å². The van der Waals surface area contributed by atoms with Gasteiger partial charge in [-0.3, -0.25) is 0 Å². The summed E-state index contributed by atoms with van der Waals surface area (Å²) in [7, 11) is 0. The van der Waals surface area contributed by atoms with Crippen LogP contribution in [0.1, 0.15) is 0 Å². The van der Waals surface area contributed by atoms with Crippen LogP contribution in [0, 0.1) is 0 Å². The van der Waals surface area contributed by atoms with Gasteiger partial charge in [0.05, 0.1) is 0 Å². The van der Waals surface area contributed by atoms with Gasteiger partial charge in [-0.15, -0.1) is 0 Å². The van der Waals surface area contributed by atoms with E-state index in [0.717, 1.165) is 144 Å². The molecule has 0 N–H and O–H groups in total. The third kappa shape index (κ3) is 6.67. The number of anilines is 6. The number of rotatable bonds is 8. The molecule has 0 bridgehead atoms. The summed E-state index contributed by atoms with van der Waals surface area (Å²) >= 11 is 0. The predicted octanol–water partition coefficient (Wildman–Crippen LogP) is 20.7. The summed E-state index contributed by atoms with van der Waals surface area (Å²) in [4.78, 5) is 4.55. The van der Waals surface area contributed by atoms with Crippen LogP contribution in [0.2, 0.25) is 0 Å². The van der Waals surface area contributed by atoms with Gasteiger partial charge in [0.25, 0.3) is 0 Å². The van der Waals surface area contributed by atoms with Crippen molar-refractivity contribution in [3.8, 4) is 22.3 Å². The van der Waals surface area contributed by atoms with E-state index in [2.05, 4.69) is 228 Å². The summed E-state index contributed by atoms with van der Waals surface area (Å²) in [5, 5.41) is 10.8. The monoisotopic (exact) mass is 974 g/mol. The van der Waals surface area contributed by atoms with Crippen LogP contribution >= 0.6 is 0 Å². The summed E-state index contributed by atoms with van der Waals surface area (Å²) in [5.41, 5.74) is 17.3. The van der Waals surface area contributed by atoms with Crippen LogP contribution in [0.3, 0.4) is 0 Å². The molecule has 0 saturated heterocycles. The Morgan fingerprint density at radius 3 is 0.882 bits per heavy atom. The predicted molar refractivity (Wildman–Crippen MR) is 313 cm³/mol. The normalized spacial score (nSPS) is 11.9. The molecule has 4 aromatic heterocycles. The van der Waals surface area contributed by atoms with Crippen LogP contribution in [0.5, 0.6) is 0 Å². The fraction of sp³-hybridized carbons (Fsp3) is 0. The van der Waals surface area contributed by atoms with Crippen LogP contribution in [-0.4, -0.2) is 0 Å². The number of fused-ring (bicyclic) bond motifs is 15. The highest BCUT2D eigenvalue weighted by Crippen LogP contribution is 2.46. The van der Waals surface area contributed by atoms with E-state index >= 15 is 0 Å². The van der Waals surface area contributed by atoms with E-state index < -0.39 is 0 Å². The number of nitrogens with zero attached hydrogens (tertiary/aromatic N) is 2. The average Bonchev–Trinajstić information content (AvgIpc) is 4.27. The molecule has 6 heteroatoms. The van der Waals surface area contributed by atoms with Crippen molar-refractivity contribution in [1.29, 1.82) is 0 Å². The standard InChI is InChI=1S/C70H42N2O4/c1-3-11-43(12-4-1)45-19-23-47(24-20-45)71(49-27-31-55-53-15-7-9-17-61(53)73-65(55)39-49)51-29-33-59-67(41-51)75-63-37-35-58-57(69(59)63)36-38-64-70(58)60-34-30-52(42-68(60)76-64)72(48-25-21-46(22-26-48)44-13-5-2-6-14-44)50-28-32-56-54-16-8-10-18-62(54)74-66(56)40-50/h1-42H. The molecule has 0 fully saturated rings. The molecule has 0 unspecified atom stereocenters. The van der Waals surface area contributed by atoms with Gasteiger partial charge in [0.15, 0.2) is 0 Å². The van der Waals surface area contributed by atoms with Crippen LogP contribution in [0.4, 0.5) is 34.1 Å². The average molecular weight is 975 g/mol. The zero-order valence-electron chi connectivity index (χ0n) is 40.8. The number of benzene rings is 12. The van der Waals surface area contributed by atoms with Gasteiger partial charge in [-0.2, -0.15) is 0 Å². The van der Waals surface area contributed by atoms with E-state index in [1.807, 2.05) is 36.4 Å². The Hall–Kier alpha value is -10.3. The maximum absolute atomic E-state index is 6.81. The van der Waals surface area contributed by atoms with Crippen molar-refractivity contribution >= 4 is 133 Å². The summed E-state index contributed by atoms with van der Waals surface area (Å²) in [5.74, 6) is 0. The SMILES string of the molecule is c1ccc(-c2ccc(N(c3ccc4c(c3)oc3ccccc34)c3ccc4c(c3)oc3ccc5c(ccc6oc7cc(N(c8ccc(-c9ccccc9)cc8)c8ccc9c(c8)oc8ccccc89)ccc7c65)c34)cc2)cc1. The van der Waals surface area contributed by atoms with Gasteiger partial charge in [-0.25, -0.2) is 0 Å². The molecule has 16 aromatic rings. The van der Waals surface area contributed by atoms with E-state index in [1.165, 1.54) is 11.1 Å². The zero-order valence-corrected chi connectivity index (χ0v) is 40.8. The minimum Gasteiger partial charge on any atom is -0.456 e. The molecule has 356 valence electrons. The van der Waals surface area contributed by atoms with Gasteiger partial charge in [0.2, 0.25) is 0 Å². The molecular weight excluding hydrogens is 933 g/mol. The van der Waals surface area contributed by atoms with Crippen LogP contribution in [0.25, 0.3) is 121 Å². The fourth-order valence-electron chi connectivity index (χ4n) is 11.7. The largest absolute Gasteiger partial charge is 0.456 e. The fourth-order valence-corrected chi connectivity index (χ4v) is 11.7. The molecule has 76 heavy (non-hydrogen) atoms.